The molecule has 0 N–H and O–H groups in total. The molecule has 21 heavy (non-hydrogen) atoms. The molecule has 2 aromatic heterocycles. The Bertz CT molecular complexity index is 711. The van der Waals surface area contributed by atoms with E-state index >= 15 is 0 Å². The number of thiophene rings is 1. The lowest BCUT2D eigenvalue weighted by Crippen LogP contribution is -2.16. The van der Waals surface area contributed by atoms with E-state index in [-0.39, 0.29) is 0 Å². The summed E-state index contributed by atoms with van der Waals surface area (Å²) in [7, 11) is 2.04. The number of hydrogen-bond acceptors (Lipinski definition) is 5. The highest BCUT2D eigenvalue weighted by atomic mass is 79.9. The van der Waals surface area contributed by atoms with Gasteiger partial charge in [-0.2, -0.15) is 0 Å². The highest BCUT2D eigenvalue weighted by Crippen LogP contribution is 2.23. The fourth-order valence-electron chi connectivity index (χ4n) is 2.00. The summed E-state index contributed by atoms with van der Waals surface area (Å²) in [6.07, 6.45) is 0. The van der Waals surface area contributed by atoms with E-state index in [1.165, 1.54) is 4.88 Å². The molecule has 0 saturated carbocycles. The fourth-order valence-corrected chi connectivity index (χ4v) is 3.57. The van der Waals surface area contributed by atoms with Crippen molar-refractivity contribution in [2.45, 2.75) is 13.1 Å². The first-order chi connectivity index (χ1) is 10.2. The van der Waals surface area contributed by atoms with E-state index in [0.717, 1.165) is 15.9 Å². The van der Waals surface area contributed by atoms with Gasteiger partial charge in [-0.3, -0.25) is 4.90 Å². The van der Waals surface area contributed by atoms with Crippen molar-refractivity contribution in [1.29, 1.82) is 0 Å². The van der Waals surface area contributed by atoms with Crippen LogP contribution in [-0.4, -0.2) is 22.1 Å². The first-order valence-corrected chi connectivity index (χ1v) is 8.12. The van der Waals surface area contributed by atoms with Crippen molar-refractivity contribution in [3.63, 3.8) is 0 Å². The summed E-state index contributed by atoms with van der Waals surface area (Å²) < 4.78 is 6.86. The van der Waals surface area contributed by atoms with Crippen LogP contribution in [0.1, 0.15) is 10.8 Å². The molecule has 2 heterocycles. The number of halogens is 1. The van der Waals surface area contributed by atoms with Crippen LogP contribution in [-0.2, 0) is 13.1 Å². The third-order valence-corrected chi connectivity index (χ3v) is 4.56. The molecule has 0 aliphatic rings. The molecular formula is C15H14BrN3OS. The number of benzene rings is 1. The smallest absolute Gasteiger partial charge is 0.247 e. The molecule has 3 rings (SSSR count). The van der Waals surface area contributed by atoms with Crippen LogP contribution >= 0.6 is 27.3 Å². The lowest BCUT2D eigenvalue weighted by atomic mass is 10.2. The summed E-state index contributed by atoms with van der Waals surface area (Å²) in [5, 5.41) is 8.22. The van der Waals surface area contributed by atoms with Crippen molar-refractivity contribution >= 4 is 27.3 Å². The third kappa shape index (κ3) is 3.78. The van der Waals surface area contributed by atoms with E-state index in [0.29, 0.717) is 18.3 Å². The number of aromatic nitrogens is 2. The molecule has 0 amide bonds. The predicted molar refractivity (Wildman–Crippen MR) is 86.9 cm³/mol. The van der Waals surface area contributed by atoms with Crippen molar-refractivity contribution in [1.82, 2.24) is 15.1 Å². The first-order valence-electron chi connectivity index (χ1n) is 6.51. The van der Waals surface area contributed by atoms with E-state index in [9.17, 15) is 0 Å². The Morgan fingerprint density at radius 2 is 1.90 bits per heavy atom. The van der Waals surface area contributed by atoms with Gasteiger partial charge in [0.25, 0.3) is 0 Å². The van der Waals surface area contributed by atoms with Gasteiger partial charge in [0.05, 0.1) is 10.3 Å². The van der Waals surface area contributed by atoms with Crippen LogP contribution in [0.4, 0.5) is 0 Å². The predicted octanol–water partition coefficient (Wildman–Crippen LogP) is 4.19. The Morgan fingerprint density at radius 3 is 2.62 bits per heavy atom. The molecule has 0 atom stereocenters. The molecule has 1 aromatic carbocycles. The monoisotopic (exact) mass is 363 g/mol. The zero-order valence-corrected chi connectivity index (χ0v) is 13.9. The topological polar surface area (TPSA) is 42.2 Å². The summed E-state index contributed by atoms with van der Waals surface area (Å²) in [5.74, 6) is 1.20. The maximum atomic E-state index is 5.71. The van der Waals surface area contributed by atoms with Crippen LogP contribution < -0.4 is 0 Å². The van der Waals surface area contributed by atoms with Crippen LogP contribution in [0.2, 0.25) is 0 Å². The summed E-state index contributed by atoms with van der Waals surface area (Å²) in [5.41, 5.74) is 0.945. The Balaban J connectivity index is 1.64. The molecule has 6 heteroatoms. The highest BCUT2D eigenvalue weighted by molar-refractivity contribution is 9.11. The minimum absolute atomic E-state index is 0.567. The Labute approximate surface area is 135 Å². The molecule has 0 fully saturated rings. The lowest BCUT2D eigenvalue weighted by Gasteiger charge is -2.12. The molecule has 0 saturated heterocycles. The second-order valence-electron chi connectivity index (χ2n) is 4.75. The van der Waals surface area contributed by atoms with E-state index < -0.39 is 0 Å². The first kappa shape index (κ1) is 14.4. The van der Waals surface area contributed by atoms with Crippen LogP contribution in [0.15, 0.2) is 50.7 Å². The maximum absolute atomic E-state index is 5.71. The zero-order valence-electron chi connectivity index (χ0n) is 11.5. The molecular weight excluding hydrogens is 350 g/mol. The number of nitrogens with zero attached hydrogens (tertiary/aromatic N) is 3. The minimum Gasteiger partial charge on any atom is -0.419 e. The summed E-state index contributed by atoms with van der Waals surface area (Å²) >= 11 is 5.21. The van der Waals surface area contributed by atoms with E-state index in [1.54, 1.807) is 11.3 Å². The van der Waals surface area contributed by atoms with Gasteiger partial charge in [0.1, 0.15) is 0 Å². The average Bonchev–Trinajstić information content (AvgIpc) is 3.09. The quantitative estimate of drug-likeness (QED) is 0.681. The van der Waals surface area contributed by atoms with Crippen molar-refractivity contribution in [3.8, 4) is 11.5 Å². The van der Waals surface area contributed by atoms with E-state index in [4.69, 9.17) is 4.42 Å². The molecule has 0 aliphatic carbocycles. The van der Waals surface area contributed by atoms with Gasteiger partial charge in [0.2, 0.25) is 11.8 Å². The summed E-state index contributed by atoms with van der Waals surface area (Å²) in [6, 6.07) is 14.0. The molecule has 108 valence electrons. The van der Waals surface area contributed by atoms with Gasteiger partial charge < -0.3 is 4.42 Å². The van der Waals surface area contributed by atoms with Crippen molar-refractivity contribution in [3.05, 3.63) is 57.0 Å². The van der Waals surface area contributed by atoms with Crippen LogP contribution in [0.3, 0.4) is 0 Å². The van der Waals surface area contributed by atoms with Gasteiger partial charge in [-0.1, -0.05) is 18.2 Å². The van der Waals surface area contributed by atoms with Crippen LogP contribution in [0.5, 0.6) is 0 Å². The Morgan fingerprint density at radius 1 is 1.10 bits per heavy atom. The summed E-state index contributed by atoms with van der Waals surface area (Å²) in [6.45, 7) is 1.49. The zero-order chi connectivity index (χ0) is 14.7. The second-order valence-corrected chi connectivity index (χ2v) is 7.29. The minimum atomic E-state index is 0.567. The average molecular weight is 364 g/mol. The van der Waals surface area contributed by atoms with Crippen LogP contribution in [0.25, 0.3) is 11.5 Å². The molecule has 0 unspecified atom stereocenters. The van der Waals surface area contributed by atoms with Crippen molar-refractivity contribution in [2.24, 2.45) is 0 Å². The highest BCUT2D eigenvalue weighted by Gasteiger charge is 2.11. The van der Waals surface area contributed by atoms with E-state index in [2.05, 4.69) is 43.2 Å². The maximum Gasteiger partial charge on any atom is 0.247 e. The SMILES string of the molecule is CN(Cc1nnc(-c2ccccc2)o1)Cc1ccc(Br)s1. The number of hydrogen-bond donors (Lipinski definition) is 0. The fraction of sp³-hybridized carbons (Fsp3) is 0.200. The largest absolute Gasteiger partial charge is 0.419 e. The Kier molecular flexibility index (Phi) is 4.48. The standard InChI is InChI=1S/C15H14BrN3OS/c1-19(9-12-7-8-13(16)21-12)10-14-17-18-15(20-14)11-5-3-2-4-6-11/h2-8H,9-10H2,1H3. The lowest BCUT2D eigenvalue weighted by molar-refractivity contribution is 0.285. The summed E-state index contributed by atoms with van der Waals surface area (Å²) in [4.78, 5) is 3.45. The van der Waals surface area contributed by atoms with Crippen molar-refractivity contribution in [2.75, 3.05) is 7.05 Å². The van der Waals surface area contributed by atoms with Gasteiger partial charge in [0.15, 0.2) is 0 Å². The van der Waals surface area contributed by atoms with Crippen LogP contribution in [0, 0.1) is 0 Å². The third-order valence-electron chi connectivity index (χ3n) is 2.95. The molecule has 0 bridgehead atoms. The molecule has 0 aliphatic heterocycles. The van der Waals surface area contributed by atoms with E-state index in [1.807, 2.05) is 37.4 Å². The normalized spacial score (nSPS) is 11.2. The van der Waals surface area contributed by atoms with Gasteiger partial charge in [0, 0.05) is 17.0 Å². The van der Waals surface area contributed by atoms with Gasteiger partial charge in [-0.25, -0.2) is 0 Å². The molecule has 3 aromatic rings. The van der Waals surface area contributed by atoms with Crippen molar-refractivity contribution < 1.29 is 4.42 Å². The molecule has 0 radical (unpaired) electrons. The Hall–Kier alpha value is -1.50. The second kappa shape index (κ2) is 6.51. The van der Waals surface area contributed by atoms with Gasteiger partial charge >= 0.3 is 0 Å². The molecule has 4 nitrogen and oxygen atoms in total. The van der Waals surface area contributed by atoms with Gasteiger partial charge in [-0.05, 0) is 47.2 Å². The molecule has 0 spiro atoms. The van der Waals surface area contributed by atoms with Gasteiger partial charge in [-0.15, -0.1) is 21.5 Å². The number of rotatable bonds is 5.